The Morgan fingerprint density at radius 2 is 2.00 bits per heavy atom. The van der Waals surface area contributed by atoms with Gasteiger partial charge in [0.25, 0.3) is 0 Å². The third-order valence-corrected chi connectivity index (χ3v) is 4.18. The molecule has 0 aliphatic rings. The first-order chi connectivity index (χ1) is 5.84. The van der Waals surface area contributed by atoms with Gasteiger partial charge in [0.05, 0.1) is 0 Å². The van der Waals surface area contributed by atoms with Crippen molar-refractivity contribution in [1.82, 2.24) is 4.57 Å². The summed E-state index contributed by atoms with van der Waals surface area (Å²) in [5.74, 6) is -0.736. The third kappa shape index (κ3) is 6.39. The molecule has 0 aliphatic carbocycles. The van der Waals surface area contributed by atoms with Gasteiger partial charge >= 0.3 is 5.97 Å². The minimum Gasteiger partial charge on any atom is -0.481 e. The van der Waals surface area contributed by atoms with E-state index in [1.807, 2.05) is 19.3 Å². The summed E-state index contributed by atoms with van der Waals surface area (Å²) < 4.78 is 2.20. The van der Waals surface area contributed by atoms with Crippen molar-refractivity contribution in [3.8, 4) is 0 Å². The van der Waals surface area contributed by atoms with Gasteiger partial charge in [0.1, 0.15) is 8.24 Å². The van der Waals surface area contributed by atoms with Crippen LogP contribution in [0.3, 0.4) is 0 Å². The second-order valence-electron chi connectivity index (χ2n) is 4.10. The minimum atomic E-state index is -1.24. The number of allylic oxidation sites excluding steroid dienone is 1. The maximum atomic E-state index is 10.2. The quantitative estimate of drug-likeness (QED) is 0.693. The smallest absolute Gasteiger partial charge is 0.303 e. The van der Waals surface area contributed by atoms with Crippen molar-refractivity contribution >= 4 is 14.2 Å². The Balaban J connectivity index is 3.79. The summed E-state index contributed by atoms with van der Waals surface area (Å²) in [6.45, 7) is 6.73. The summed E-state index contributed by atoms with van der Waals surface area (Å²) in [4.78, 5) is 10.2. The maximum Gasteiger partial charge on any atom is 0.303 e. The van der Waals surface area contributed by atoms with Crippen molar-refractivity contribution in [3.63, 3.8) is 0 Å². The Morgan fingerprint density at radius 1 is 1.46 bits per heavy atom. The van der Waals surface area contributed by atoms with E-state index in [9.17, 15) is 4.79 Å². The monoisotopic (exact) mass is 201 g/mol. The number of rotatable bonds is 5. The van der Waals surface area contributed by atoms with Gasteiger partial charge < -0.3 is 9.67 Å². The van der Waals surface area contributed by atoms with Crippen LogP contribution >= 0.6 is 0 Å². The van der Waals surface area contributed by atoms with E-state index in [0.717, 1.165) is 0 Å². The van der Waals surface area contributed by atoms with Crippen molar-refractivity contribution in [2.75, 3.05) is 7.05 Å². The average molecular weight is 201 g/mol. The summed E-state index contributed by atoms with van der Waals surface area (Å²) in [7, 11) is 0.806. The van der Waals surface area contributed by atoms with Gasteiger partial charge in [0, 0.05) is 6.42 Å². The van der Waals surface area contributed by atoms with Crippen LogP contribution in [0.2, 0.25) is 19.6 Å². The third-order valence-electron chi connectivity index (χ3n) is 1.91. The number of carboxylic acid groups (broad SMARTS) is 1. The van der Waals surface area contributed by atoms with E-state index >= 15 is 0 Å². The zero-order chi connectivity index (χ0) is 10.5. The van der Waals surface area contributed by atoms with Crippen LogP contribution < -0.4 is 0 Å². The molecule has 76 valence electrons. The number of nitrogens with zero attached hydrogens (tertiary/aromatic N) is 1. The van der Waals surface area contributed by atoms with Crippen LogP contribution in [0.4, 0.5) is 0 Å². The fraction of sp³-hybridized carbons (Fsp3) is 0.667. The van der Waals surface area contributed by atoms with Gasteiger partial charge in [-0.25, -0.2) is 0 Å². The van der Waals surface area contributed by atoms with Crippen LogP contribution in [0.1, 0.15) is 12.8 Å². The lowest BCUT2D eigenvalue weighted by Gasteiger charge is -2.28. The zero-order valence-corrected chi connectivity index (χ0v) is 9.87. The molecular weight excluding hydrogens is 182 g/mol. The van der Waals surface area contributed by atoms with Crippen molar-refractivity contribution in [1.29, 1.82) is 0 Å². The number of carboxylic acids is 1. The number of hydrogen-bond acceptors (Lipinski definition) is 2. The normalized spacial score (nSPS) is 12.0. The first-order valence-electron chi connectivity index (χ1n) is 4.45. The summed E-state index contributed by atoms with van der Waals surface area (Å²) in [6, 6.07) is 0. The molecule has 0 bridgehead atoms. The highest BCUT2D eigenvalue weighted by Gasteiger charge is 2.16. The van der Waals surface area contributed by atoms with E-state index in [-0.39, 0.29) is 6.42 Å². The van der Waals surface area contributed by atoms with Crippen molar-refractivity contribution in [2.45, 2.75) is 32.5 Å². The molecule has 0 atom stereocenters. The SMILES string of the molecule is CN(C=CCCC(=O)O)[Si](C)(C)C. The topological polar surface area (TPSA) is 40.5 Å². The second kappa shape index (κ2) is 5.06. The summed E-state index contributed by atoms with van der Waals surface area (Å²) in [5, 5.41) is 8.40. The van der Waals surface area contributed by atoms with Crippen molar-refractivity contribution in [3.05, 3.63) is 12.3 Å². The molecule has 0 fully saturated rings. The van der Waals surface area contributed by atoms with E-state index in [2.05, 4.69) is 24.2 Å². The first-order valence-corrected chi connectivity index (χ1v) is 7.90. The molecule has 0 aromatic rings. The maximum absolute atomic E-state index is 10.2. The van der Waals surface area contributed by atoms with Gasteiger partial charge in [-0.05, 0) is 19.7 Å². The zero-order valence-electron chi connectivity index (χ0n) is 8.87. The Hall–Kier alpha value is -0.773. The molecule has 3 nitrogen and oxygen atoms in total. The number of aliphatic carboxylic acids is 1. The van der Waals surface area contributed by atoms with E-state index in [1.165, 1.54) is 0 Å². The lowest BCUT2D eigenvalue weighted by molar-refractivity contribution is -0.136. The summed E-state index contributed by atoms with van der Waals surface area (Å²) in [6.07, 6.45) is 4.75. The van der Waals surface area contributed by atoms with Crippen LogP contribution in [-0.2, 0) is 4.79 Å². The van der Waals surface area contributed by atoms with Crippen LogP contribution in [0.5, 0.6) is 0 Å². The lowest BCUT2D eigenvalue weighted by Crippen LogP contribution is -2.38. The molecule has 0 aromatic heterocycles. The molecule has 0 aliphatic heterocycles. The van der Waals surface area contributed by atoms with Crippen molar-refractivity contribution in [2.24, 2.45) is 0 Å². The summed E-state index contributed by atoms with van der Waals surface area (Å²) in [5.41, 5.74) is 0. The molecular formula is C9H19NO2Si. The highest BCUT2D eigenvalue weighted by molar-refractivity contribution is 6.73. The van der Waals surface area contributed by atoms with Gasteiger partial charge in [-0.1, -0.05) is 25.7 Å². The highest BCUT2D eigenvalue weighted by Crippen LogP contribution is 2.06. The predicted octanol–water partition coefficient (Wildman–Crippen LogP) is 2.13. The van der Waals surface area contributed by atoms with Crippen LogP contribution in [-0.4, -0.2) is 30.9 Å². The fourth-order valence-corrected chi connectivity index (χ4v) is 1.22. The Labute approximate surface area is 81.1 Å². The Kier molecular flexibility index (Phi) is 4.76. The van der Waals surface area contributed by atoms with Gasteiger partial charge in [-0.3, -0.25) is 4.79 Å². The largest absolute Gasteiger partial charge is 0.481 e. The van der Waals surface area contributed by atoms with E-state index in [4.69, 9.17) is 5.11 Å². The van der Waals surface area contributed by atoms with E-state index in [0.29, 0.717) is 6.42 Å². The van der Waals surface area contributed by atoms with Crippen LogP contribution in [0.15, 0.2) is 12.3 Å². The summed E-state index contributed by atoms with van der Waals surface area (Å²) >= 11 is 0. The molecule has 0 heterocycles. The minimum absolute atomic E-state index is 0.218. The van der Waals surface area contributed by atoms with Crippen LogP contribution in [0, 0.1) is 0 Å². The van der Waals surface area contributed by atoms with Gasteiger partial charge in [0.15, 0.2) is 0 Å². The molecule has 0 saturated carbocycles. The van der Waals surface area contributed by atoms with E-state index < -0.39 is 14.2 Å². The molecule has 0 saturated heterocycles. The highest BCUT2D eigenvalue weighted by atomic mass is 28.3. The molecule has 4 heteroatoms. The van der Waals surface area contributed by atoms with Crippen LogP contribution in [0.25, 0.3) is 0 Å². The predicted molar refractivity (Wildman–Crippen MR) is 57.1 cm³/mol. The lowest BCUT2D eigenvalue weighted by atomic mass is 10.3. The Bertz CT molecular complexity index is 196. The molecule has 0 unspecified atom stereocenters. The van der Waals surface area contributed by atoms with Gasteiger partial charge in [-0.15, -0.1) is 0 Å². The number of hydrogen-bond donors (Lipinski definition) is 1. The van der Waals surface area contributed by atoms with Gasteiger partial charge in [-0.2, -0.15) is 0 Å². The second-order valence-corrected chi connectivity index (χ2v) is 9.15. The molecule has 13 heavy (non-hydrogen) atoms. The average Bonchev–Trinajstić information content (AvgIpc) is 1.95. The standard InChI is InChI=1S/C9H19NO2Si/c1-10(13(2,3)4)8-6-5-7-9(11)12/h6,8H,5,7H2,1-4H3,(H,11,12). The molecule has 0 aromatic carbocycles. The van der Waals surface area contributed by atoms with Crippen molar-refractivity contribution < 1.29 is 9.90 Å². The Morgan fingerprint density at radius 3 is 2.38 bits per heavy atom. The molecule has 0 spiro atoms. The first kappa shape index (κ1) is 12.2. The molecule has 0 rings (SSSR count). The van der Waals surface area contributed by atoms with E-state index in [1.54, 1.807) is 0 Å². The molecule has 0 radical (unpaired) electrons. The molecule has 1 N–H and O–H groups in total. The van der Waals surface area contributed by atoms with Gasteiger partial charge in [0.2, 0.25) is 0 Å². The molecule has 0 amide bonds. The fourth-order valence-electron chi connectivity index (χ4n) is 0.663. The number of carbonyl (C=O) groups is 1.